The van der Waals surface area contributed by atoms with E-state index >= 15 is 0 Å². The molecule has 2 N–H and O–H groups in total. The third-order valence-corrected chi connectivity index (χ3v) is 4.63. The number of rotatable bonds is 4. The number of pyridine rings is 1. The van der Waals surface area contributed by atoms with Crippen LogP contribution in [0.3, 0.4) is 0 Å². The molecule has 90 valence electrons. The lowest BCUT2D eigenvalue weighted by Gasteiger charge is -2.16. The Morgan fingerprint density at radius 1 is 1.44 bits per heavy atom. The molecule has 3 nitrogen and oxygen atoms in total. The maximum atomic E-state index is 5.87. The summed E-state index contributed by atoms with van der Waals surface area (Å²) < 4.78 is 6.05. The van der Waals surface area contributed by atoms with Gasteiger partial charge in [0.15, 0.2) is 4.75 Å². The minimum Gasteiger partial charge on any atom is -0.325 e. The van der Waals surface area contributed by atoms with Crippen molar-refractivity contribution < 1.29 is 4.18 Å². The third-order valence-electron chi connectivity index (χ3n) is 2.43. The maximum absolute atomic E-state index is 5.87. The summed E-state index contributed by atoms with van der Waals surface area (Å²) in [5.41, 5.74) is 7.64. The van der Waals surface area contributed by atoms with Gasteiger partial charge < -0.3 is 5.73 Å². The van der Waals surface area contributed by atoms with Crippen LogP contribution in [0.15, 0.2) is 18.3 Å². The Kier molecular flexibility index (Phi) is 4.77. The van der Waals surface area contributed by atoms with Crippen LogP contribution in [-0.2, 0) is 28.5 Å². The highest BCUT2D eigenvalue weighted by Gasteiger charge is 2.32. The summed E-state index contributed by atoms with van der Waals surface area (Å²) in [5, 5.41) is 0. The zero-order valence-corrected chi connectivity index (χ0v) is 11.3. The van der Waals surface area contributed by atoms with Gasteiger partial charge in [0.25, 0.3) is 0 Å². The first-order valence-corrected chi connectivity index (χ1v) is 6.93. The van der Waals surface area contributed by atoms with Crippen molar-refractivity contribution in [1.29, 1.82) is 0 Å². The molecule has 0 bridgehead atoms. The van der Waals surface area contributed by atoms with Crippen molar-refractivity contribution in [3.05, 3.63) is 29.6 Å². The van der Waals surface area contributed by atoms with E-state index < -0.39 is 0 Å². The van der Waals surface area contributed by atoms with Gasteiger partial charge in [-0.3, -0.25) is 4.98 Å². The molecule has 1 rings (SSSR count). The fourth-order valence-corrected chi connectivity index (χ4v) is 1.77. The van der Waals surface area contributed by atoms with Gasteiger partial charge >= 0.3 is 0 Å². The zero-order valence-electron chi connectivity index (χ0n) is 10.5. The van der Waals surface area contributed by atoms with E-state index in [1.807, 2.05) is 12.1 Å². The number of nitrogens with zero attached hydrogens (tertiary/aromatic N) is 1. The minimum absolute atomic E-state index is 0.0667. The highest BCUT2D eigenvalue weighted by atomic mass is 32.2. The van der Waals surface area contributed by atoms with E-state index in [1.165, 1.54) is 0 Å². The number of nitrogens with two attached hydrogens (primary N) is 1. The van der Waals surface area contributed by atoms with Gasteiger partial charge in [-0.1, -0.05) is 6.07 Å². The topological polar surface area (TPSA) is 48.1 Å². The minimum atomic E-state index is -0.0667. The van der Waals surface area contributed by atoms with Crippen molar-refractivity contribution in [2.24, 2.45) is 5.73 Å². The highest BCUT2D eigenvalue weighted by molar-refractivity contribution is 7.92. The van der Waals surface area contributed by atoms with Crippen molar-refractivity contribution in [3.63, 3.8) is 0 Å². The van der Waals surface area contributed by atoms with Crippen LogP contribution in [0.5, 0.6) is 0 Å². The fourth-order valence-electron chi connectivity index (χ4n) is 1.12. The second kappa shape index (κ2) is 5.66. The van der Waals surface area contributed by atoms with Crippen LogP contribution in [0.1, 0.15) is 32.0 Å². The molecule has 4 heteroatoms. The lowest BCUT2D eigenvalue weighted by Crippen LogP contribution is -2.29. The Morgan fingerprint density at radius 2 is 2.12 bits per heavy atom. The van der Waals surface area contributed by atoms with Crippen molar-refractivity contribution in [2.75, 3.05) is 6.26 Å². The molecule has 1 heterocycles. The normalized spacial score (nSPS) is 13.8. The molecule has 0 aliphatic heterocycles. The zero-order chi connectivity index (χ0) is 12.2. The smallest absolute Gasteiger partial charge is 0.152 e. The standard InChI is InChI=1S/C12H21N2OS/c1-12(2,3)16(4)15-9-10-6-5-7-14-11(10)8-13/h5-7H,8-9,13H2,1-4H3/q+1. The van der Waals surface area contributed by atoms with E-state index in [2.05, 4.69) is 32.0 Å². The maximum Gasteiger partial charge on any atom is 0.152 e. The molecule has 0 aliphatic carbocycles. The van der Waals surface area contributed by atoms with Crippen LogP contribution in [0, 0.1) is 0 Å². The molecule has 1 atom stereocenters. The molecular formula is C12H21N2OS+. The van der Waals surface area contributed by atoms with Crippen LogP contribution >= 0.6 is 0 Å². The molecule has 0 saturated heterocycles. The Hall–Kier alpha value is -0.580. The molecule has 16 heavy (non-hydrogen) atoms. The van der Waals surface area contributed by atoms with Gasteiger partial charge in [0.05, 0.1) is 5.69 Å². The summed E-state index contributed by atoms with van der Waals surface area (Å²) in [6.07, 6.45) is 3.89. The van der Waals surface area contributed by atoms with E-state index in [-0.39, 0.29) is 15.9 Å². The average Bonchev–Trinajstić information content (AvgIpc) is 2.24. The van der Waals surface area contributed by atoms with Gasteiger partial charge in [0.2, 0.25) is 0 Å². The summed E-state index contributed by atoms with van der Waals surface area (Å²) in [6, 6.07) is 3.94. The van der Waals surface area contributed by atoms with Crippen LogP contribution in [0.4, 0.5) is 0 Å². The summed E-state index contributed by atoms with van der Waals surface area (Å²) in [6.45, 7) is 7.61. The molecule has 0 aromatic carbocycles. The van der Waals surface area contributed by atoms with E-state index in [0.29, 0.717) is 13.2 Å². The molecule has 0 saturated carbocycles. The Balaban J connectivity index is 2.61. The third kappa shape index (κ3) is 3.77. The largest absolute Gasteiger partial charge is 0.325 e. The predicted molar refractivity (Wildman–Crippen MR) is 70.0 cm³/mol. The van der Waals surface area contributed by atoms with Crippen molar-refractivity contribution in [1.82, 2.24) is 4.98 Å². The van der Waals surface area contributed by atoms with Gasteiger partial charge in [-0.2, -0.15) is 4.18 Å². The predicted octanol–water partition coefficient (Wildman–Crippen LogP) is 2.02. The molecule has 0 spiro atoms. The molecule has 0 radical (unpaired) electrons. The second-order valence-electron chi connectivity index (χ2n) is 4.64. The first kappa shape index (κ1) is 13.5. The Bertz CT molecular complexity index is 336. The van der Waals surface area contributed by atoms with Gasteiger partial charge in [-0.05, 0) is 26.8 Å². The first-order valence-electron chi connectivity index (χ1n) is 5.37. The summed E-state index contributed by atoms with van der Waals surface area (Å²) in [7, 11) is 0. The average molecular weight is 241 g/mol. The Labute approximate surface area is 101 Å². The van der Waals surface area contributed by atoms with Gasteiger partial charge in [-0.25, -0.2) is 0 Å². The lowest BCUT2D eigenvalue weighted by molar-refractivity contribution is 0.341. The molecular weight excluding hydrogens is 220 g/mol. The molecule has 0 amide bonds. The highest BCUT2D eigenvalue weighted by Crippen LogP contribution is 2.19. The van der Waals surface area contributed by atoms with Crippen LogP contribution in [-0.4, -0.2) is 16.0 Å². The fraction of sp³-hybridized carbons (Fsp3) is 0.583. The molecule has 0 aliphatic rings. The summed E-state index contributed by atoms with van der Waals surface area (Å²) >= 11 is -0.0667. The SMILES string of the molecule is C[S+](OCc1cccnc1CN)C(C)(C)C. The van der Waals surface area contributed by atoms with E-state index in [4.69, 9.17) is 9.92 Å². The van der Waals surface area contributed by atoms with Gasteiger partial charge in [-0.15, -0.1) is 0 Å². The summed E-state index contributed by atoms with van der Waals surface area (Å²) in [4.78, 5) is 4.24. The quantitative estimate of drug-likeness (QED) is 0.820. The van der Waals surface area contributed by atoms with Gasteiger partial charge in [0.1, 0.15) is 24.0 Å². The van der Waals surface area contributed by atoms with Crippen molar-refractivity contribution >= 4 is 11.2 Å². The second-order valence-corrected chi connectivity index (χ2v) is 7.01. The van der Waals surface area contributed by atoms with Crippen molar-refractivity contribution in [3.8, 4) is 0 Å². The van der Waals surface area contributed by atoms with Crippen LogP contribution in [0.2, 0.25) is 0 Å². The number of hydrogen-bond donors (Lipinski definition) is 1. The Morgan fingerprint density at radius 3 is 2.69 bits per heavy atom. The first-order chi connectivity index (χ1) is 7.45. The van der Waals surface area contributed by atoms with E-state index in [0.717, 1.165) is 11.3 Å². The molecule has 0 fully saturated rings. The van der Waals surface area contributed by atoms with Crippen LogP contribution in [0.25, 0.3) is 0 Å². The van der Waals surface area contributed by atoms with E-state index in [1.54, 1.807) is 6.20 Å². The molecule has 1 aromatic heterocycles. The van der Waals surface area contributed by atoms with Crippen LogP contribution < -0.4 is 5.73 Å². The number of aromatic nitrogens is 1. The molecule has 1 unspecified atom stereocenters. The van der Waals surface area contributed by atoms with Gasteiger partial charge in [0, 0.05) is 18.3 Å². The van der Waals surface area contributed by atoms with Crippen molar-refractivity contribution in [2.45, 2.75) is 38.7 Å². The monoisotopic (exact) mass is 241 g/mol. The van der Waals surface area contributed by atoms with E-state index in [9.17, 15) is 0 Å². The summed E-state index contributed by atoms with van der Waals surface area (Å²) in [5.74, 6) is 0. The molecule has 1 aromatic rings. The number of hydrogen-bond acceptors (Lipinski definition) is 3. The lowest BCUT2D eigenvalue weighted by atomic mass is 10.2.